The number of amides is 1. The number of rotatable bonds is 5. The van der Waals surface area contributed by atoms with Crippen LogP contribution in [0.2, 0.25) is 0 Å². The van der Waals surface area contributed by atoms with Gasteiger partial charge in [0.25, 0.3) is 15.9 Å². The molecule has 1 heterocycles. The number of hydrogen-bond acceptors (Lipinski definition) is 4. The molecule has 2 aromatic carbocycles. The van der Waals surface area contributed by atoms with Crippen LogP contribution in [0.15, 0.2) is 70.3 Å². The SMILES string of the molecule is CN(c1ccc(C(=O)Nc2cccc(C(F)(F)F)c2)cc1)S(=O)(=O)c1cccs1. The van der Waals surface area contributed by atoms with Crippen molar-refractivity contribution in [2.45, 2.75) is 10.4 Å². The number of nitrogens with one attached hydrogen (secondary N) is 1. The van der Waals surface area contributed by atoms with E-state index in [2.05, 4.69) is 5.32 Å². The molecule has 0 unspecified atom stereocenters. The number of carbonyl (C=O) groups is 1. The van der Waals surface area contributed by atoms with Gasteiger partial charge in [0.05, 0.1) is 11.3 Å². The third kappa shape index (κ3) is 4.60. The lowest BCUT2D eigenvalue weighted by Crippen LogP contribution is -2.25. The molecule has 5 nitrogen and oxygen atoms in total. The Labute approximate surface area is 169 Å². The van der Waals surface area contributed by atoms with Crippen molar-refractivity contribution in [2.24, 2.45) is 0 Å². The molecular weight excluding hydrogens is 425 g/mol. The standard InChI is InChI=1S/C19H15F3N2O3S2/c1-24(29(26,27)17-6-3-11-28-17)16-9-7-13(8-10-16)18(25)23-15-5-2-4-14(12-15)19(20,21)22/h2-12H,1H3,(H,23,25). The first kappa shape index (κ1) is 20.9. The Morgan fingerprint density at radius 1 is 1.03 bits per heavy atom. The smallest absolute Gasteiger partial charge is 0.322 e. The topological polar surface area (TPSA) is 66.5 Å². The number of sulfonamides is 1. The maximum atomic E-state index is 12.8. The summed E-state index contributed by atoms with van der Waals surface area (Å²) in [5, 5.41) is 4.06. The van der Waals surface area contributed by atoms with E-state index >= 15 is 0 Å². The van der Waals surface area contributed by atoms with Crippen LogP contribution in [0, 0.1) is 0 Å². The molecule has 3 aromatic rings. The van der Waals surface area contributed by atoms with Crippen LogP contribution in [-0.2, 0) is 16.2 Å². The number of nitrogens with zero attached hydrogens (tertiary/aromatic N) is 1. The molecule has 0 aliphatic carbocycles. The van der Waals surface area contributed by atoms with Crippen molar-refractivity contribution in [1.82, 2.24) is 0 Å². The predicted molar refractivity (Wildman–Crippen MR) is 106 cm³/mol. The fourth-order valence-corrected chi connectivity index (χ4v) is 4.84. The molecule has 10 heteroatoms. The first-order valence-corrected chi connectivity index (χ1v) is 10.5. The Morgan fingerprint density at radius 3 is 2.31 bits per heavy atom. The van der Waals surface area contributed by atoms with Crippen LogP contribution in [0.4, 0.5) is 24.5 Å². The summed E-state index contributed by atoms with van der Waals surface area (Å²) in [6.45, 7) is 0. The van der Waals surface area contributed by atoms with Crippen molar-refractivity contribution < 1.29 is 26.4 Å². The highest BCUT2D eigenvalue weighted by Gasteiger charge is 2.30. The van der Waals surface area contributed by atoms with Gasteiger partial charge in [-0.3, -0.25) is 9.10 Å². The first-order chi connectivity index (χ1) is 13.6. The summed E-state index contributed by atoms with van der Waals surface area (Å²) in [5.41, 5.74) is -0.348. The van der Waals surface area contributed by atoms with Gasteiger partial charge in [0.15, 0.2) is 0 Å². The summed E-state index contributed by atoms with van der Waals surface area (Å²) >= 11 is 1.09. The van der Waals surface area contributed by atoms with E-state index in [-0.39, 0.29) is 15.5 Å². The number of benzene rings is 2. The fraction of sp³-hybridized carbons (Fsp3) is 0.105. The number of carbonyl (C=O) groups excluding carboxylic acids is 1. The van der Waals surface area contributed by atoms with Crippen LogP contribution in [0.1, 0.15) is 15.9 Å². The Hall–Kier alpha value is -2.85. The summed E-state index contributed by atoms with van der Waals surface area (Å²) in [6.07, 6.45) is -4.51. The van der Waals surface area contributed by atoms with E-state index in [1.165, 1.54) is 49.5 Å². The lowest BCUT2D eigenvalue weighted by Gasteiger charge is -2.18. The highest BCUT2D eigenvalue weighted by molar-refractivity contribution is 7.94. The minimum atomic E-state index is -4.51. The molecule has 1 N–H and O–H groups in total. The van der Waals surface area contributed by atoms with Crippen molar-refractivity contribution in [3.8, 4) is 0 Å². The van der Waals surface area contributed by atoms with E-state index in [1.54, 1.807) is 11.4 Å². The molecule has 0 saturated carbocycles. The minimum absolute atomic E-state index is 0.00583. The lowest BCUT2D eigenvalue weighted by molar-refractivity contribution is -0.137. The Bertz CT molecular complexity index is 1110. The van der Waals surface area contributed by atoms with Gasteiger partial charge in [0, 0.05) is 18.3 Å². The third-order valence-electron chi connectivity index (χ3n) is 4.05. The highest BCUT2D eigenvalue weighted by atomic mass is 32.2. The van der Waals surface area contributed by atoms with Gasteiger partial charge >= 0.3 is 6.18 Å². The summed E-state index contributed by atoms with van der Waals surface area (Å²) < 4.78 is 64.7. The van der Waals surface area contributed by atoms with E-state index in [0.29, 0.717) is 5.69 Å². The molecule has 0 aliphatic heterocycles. The Kier molecular flexibility index (Phi) is 5.67. The fourth-order valence-electron chi connectivity index (χ4n) is 2.48. The van der Waals surface area contributed by atoms with Gasteiger partial charge in [-0.25, -0.2) is 8.42 Å². The normalized spacial score (nSPS) is 11.9. The monoisotopic (exact) mass is 440 g/mol. The van der Waals surface area contributed by atoms with Gasteiger partial charge in [-0.15, -0.1) is 11.3 Å². The van der Waals surface area contributed by atoms with Crippen molar-refractivity contribution >= 4 is 38.6 Å². The number of anilines is 2. The van der Waals surface area contributed by atoms with Gasteiger partial charge in [-0.05, 0) is 53.9 Å². The predicted octanol–water partition coefficient (Wildman–Crippen LogP) is 4.84. The molecule has 1 amide bonds. The van der Waals surface area contributed by atoms with Gasteiger partial charge < -0.3 is 5.32 Å². The molecule has 152 valence electrons. The second-order valence-corrected chi connectivity index (χ2v) is 9.13. The first-order valence-electron chi connectivity index (χ1n) is 8.20. The zero-order valence-corrected chi connectivity index (χ0v) is 16.6. The summed E-state index contributed by atoms with van der Waals surface area (Å²) in [5.74, 6) is -0.611. The molecule has 0 bridgehead atoms. The summed E-state index contributed by atoms with van der Waals surface area (Å²) in [6, 6.07) is 13.1. The Balaban J connectivity index is 1.76. The quantitative estimate of drug-likeness (QED) is 0.617. The van der Waals surface area contributed by atoms with Crippen LogP contribution in [-0.4, -0.2) is 21.4 Å². The molecule has 0 aliphatic rings. The Morgan fingerprint density at radius 2 is 1.72 bits per heavy atom. The summed E-state index contributed by atoms with van der Waals surface area (Å²) in [4.78, 5) is 12.3. The molecule has 0 fully saturated rings. The summed E-state index contributed by atoms with van der Waals surface area (Å²) in [7, 11) is -2.31. The maximum absolute atomic E-state index is 12.8. The van der Waals surface area contributed by atoms with Crippen LogP contribution < -0.4 is 9.62 Å². The van der Waals surface area contributed by atoms with Crippen molar-refractivity contribution in [3.05, 3.63) is 77.2 Å². The third-order valence-corrected chi connectivity index (χ3v) is 7.21. The molecule has 0 radical (unpaired) electrons. The number of hydrogen-bond donors (Lipinski definition) is 1. The van der Waals surface area contributed by atoms with Crippen LogP contribution >= 0.6 is 11.3 Å². The van der Waals surface area contributed by atoms with E-state index in [1.807, 2.05) is 0 Å². The molecule has 0 saturated heterocycles. The number of alkyl halides is 3. The van der Waals surface area contributed by atoms with Crippen molar-refractivity contribution in [1.29, 1.82) is 0 Å². The van der Waals surface area contributed by atoms with E-state index in [4.69, 9.17) is 0 Å². The van der Waals surface area contributed by atoms with Crippen LogP contribution in [0.5, 0.6) is 0 Å². The van der Waals surface area contributed by atoms with E-state index < -0.39 is 27.7 Å². The molecule has 0 atom stereocenters. The van der Waals surface area contributed by atoms with Gasteiger partial charge in [0.1, 0.15) is 4.21 Å². The second kappa shape index (κ2) is 7.88. The molecule has 3 rings (SSSR count). The molecule has 0 spiro atoms. The van der Waals surface area contributed by atoms with Crippen molar-refractivity contribution in [2.75, 3.05) is 16.7 Å². The number of thiophene rings is 1. The highest BCUT2D eigenvalue weighted by Crippen LogP contribution is 2.31. The minimum Gasteiger partial charge on any atom is -0.322 e. The average Bonchev–Trinajstić information content (AvgIpc) is 3.23. The van der Waals surface area contributed by atoms with Gasteiger partial charge in [-0.1, -0.05) is 12.1 Å². The largest absolute Gasteiger partial charge is 0.416 e. The molecular formula is C19H15F3N2O3S2. The molecule has 29 heavy (non-hydrogen) atoms. The van der Waals surface area contributed by atoms with Crippen LogP contribution in [0.25, 0.3) is 0 Å². The van der Waals surface area contributed by atoms with Crippen LogP contribution in [0.3, 0.4) is 0 Å². The van der Waals surface area contributed by atoms with Gasteiger partial charge in [-0.2, -0.15) is 13.2 Å². The van der Waals surface area contributed by atoms with Crippen molar-refractivity contribution in [3.63, 3.8) is 0 Å². The second-order valence-electron chi connectivity index (χ2n) is 5.98. The number of halogens is 3. The molecule has 1 aromatic heterocycles. The van der Waals surface area contributed by atoms with E-state index in [0.717, 1.165) is 27.8 Å². The maximum Gasteiger partial charge on any atom is 0.416 e. The average molecular weight is 440 g/mol. The lowest BCUT2D eigenvalue weighted by atomic mass is 10.1. The van der Waals surface area contributed by atoms with Gasteiger partial charge in [0.2, 0.25) is 0 Å². The zero-order chi connectivity index (χ0) is 21.2. The van der Waals surface area contributed by atoms with E-state index in [9.17, 15) is 26.4 Å². The zero-order valence-electron chi connectivity index (χ0n) is 15.0.